The maximum Gasteiger partial charge on any atom is 0.422 e. The quantitative estimate of drug-likeness (QED) is 0.752. The Morgan fingerprint density at radius 1 is 1.17 bits per heavy atom. The molecule has 1 amide bonds. The lowest BCUT2D eigenvalue weighted by atomic mass is 9.98. The molecule has 24 heavy (non-hydrogen) atoms. The molecule has 0 heterocycles. The molecular weight excluding hydrogens is 331 g/mol. The van der Waals surface area contributed by atoms with Gasteiger partial charge in [-0.2, -0.15) is 13.2 Å². The van der Waals surface area contributed by atoms with E-state index in [-0.39, 0.29) is 24.3 Å². The number of hydrogen-bond acceptors (Lipinski definition) is 4. The van der Waals surface area contributed by atoms with Crippen molar-refractivity contribution in [2.24, 2.45) is 0 Å². The number of hydrogen-bond donors (Lipinski definition) is 2. The molecule has 0 saturated heterocycles. The number of ether oxygens (including phenoxy) is 2. The van der Waals surface area contributed by atoms with Crippen molar-refractivity contribution >= 4 is 11.9 Å². The number of benzene rings is 1. The second-order valence-electron chi connectivity index (χ2n) is 5.45. The number of nitrogens with one attached hydrogen (secondary N) is 1. The number of carbonyl (C=O) groups is 2. The molecule has 0 aliphatic heterocycles. The number of rotatable bonds is 8. The summed E-state index contributed by atoms with van der Waals surface area (Å²) in [6.45, 7) is 0.0736. The second kappa shape index (κ2) is 8.00. The highest BCUT2D eigenvalue weighted by molar-refractivity contribution is 5.95. The largest absolute Gasteiger partial charge is 0.484 e. The molecule has 1 rings (SSSR count). The molecule has 6 nitrogen and oxygen atoms in total. The highest BCUT2D eigenvalue weighted by Crippen LogP contribution is 2.19. The van der Waals surface area contributed by atoms with E-state index in [1.165, 1.54) is 38.3 Å². The average molecular weight is 349 g/mol. The minimum Gasteiger partial charge on any atom is -0.484 e. The zero-order chi connectivity index (χ0) is 18.4. The highest BCUT2D eigenvalue weighted by Gasteiger charge is 2.30. The predicted molar refractivity (Wildman–Crippen MR) is 78.0 cm³/mol. The van der Waals surface area contributed by atoms with Crippen molar-refractivity contribution in [3.63, 3.8) is 0 Å². The van der Waals surface area contributed by atoms with Crippen LogP contribution in [0, 0.1) is 0 Å². The number of methoxy groups -OCH3 is 1. The Hall–Kier alpha value is -2.29. The molecular formula is C15H18F3NO5. The number of carboxylic acids is 1. The van der Waals surface area contributed by atoms with Crippen molar-refractivity contribution in [3.05, 3.63) is 29.8 Å². The van der Waals surface area contributed by atoms with Gasteiger partial charge in [-0.1, -0.05) is 0 Å². The number of aliphatic carboxylic acids is 1. The van der Waals surface area contributed by atoms with Crippen molar-refractivity contribution in [1.82, 2.24) is 5.32 Å². The molecule has 1 atom stereocenters. The summed E-state index contributed by atoms with van der Waals surface area (Å²) >= 11 is 0. The molecule has 0 aromatic heterocycles. The first-order valence-corrected chi connectivity index (χ1v) is 6.87. The molecule has 2 N–H and O–H groups in total. The van der Waals surface area contributed by atoms with Crippen molar-refractivity contribution < 1.29 is 37.3 Å². The van der Waals surface area contributed by atoms with Crippen molar-refractivity contribution in [2.45, 2.75) is 25.1 Å². The Labute approximate surface area is 136 Å². The zero-order valence-electron chi connectivity index (χ0n) is 13.1. The average Bonchev–Trinajstić information content (AvgIpc) is 2.43. The van der Waals surface area contributed by atoms with Gasteiger partial charge in [0.1, 0.15) is 5.75 Å². The van der Waals surface area contributed by atoms with Gasteiger partial charge < -0.3 is 19.9 Å². The van der Waals surface area contributed by atoms with Crippen LogP contribution in [0.25, 0.3) is 0 Å². The first kappa shape index (κ1) is 19.8. The van der Waals surface area contributed by atoms with Gasteiger partial charge in [-0.25, -0.2) is 0 Å². The van der Waals surface area contributed by atoms with E-state index < -0.39 is 30.2 Å². The van der Waals surface area contributed by atoms with E-state index in [2.05, 4.69) is 10.1 Å². The Morgan fingerprint density at radius 3 is 2.21 bits per heavy atom. The third kappa shape index (κ3) is 6.86. The van der Waals surface area contributed by atoms with Crippen LogP contribution in [-0.2, 0) is 9.53 Å². The Kier molecular flexibility index (Phi) is 6.59. The minimum absolute atomic E-state index is 0.0161. The van der Waals surface area contributed by atoms with E-state index in [1.54, 1.807) is 0 Å². The van der Waals surface area contributed by atoms with E-state index in [1.807, 2.05) is 0 Å². The topological polar surface area (TPSA) is 84.9 Å². The Balaban J connectivity index is 2.74. The van der Waals surface area contributed by atoms with Gasteiger partial charge in [0.25, 0.3) is 5.91 Å². The highest BCUT2D eigenvalue weighted by atomic mass is 19.4. The predicted octanol–water partition coefficient (Wildman–Crippen LogP) is 2.24. The summed E-state index contributed by atoms with van der Waals surface area (Å²) < 4.78 is 45.7. The number of carboxylic acid groups (broad SMARTS) is 1. The fourth-order valence-corrected chi connectivity index (χ4v) is 2.00. The molecule has 0 bridgehead atoms. The summed E-state index contributed by atoms with van der Waals surface area (Å²) in [5, 5.41) is 11.5. The molecule has 0 saturated carbocycles. The van der Waals surface area contributed by atoms with Gasteiger partial charge >= 0.3 is 12.1 Å². The van der Waals surface area contributed by atoms with E-state index >= 15 is 0 Å². The SMILES string of the molecule is COCC(C)(CC(=O)O)NC(=O)c1ccc(OCC(F)(F)F)cc1. The second-order valence-corrected chi connectivity index (χ2v) is 5.45. The molecule has 1 aromatic rings. The van der Waals surface area contributed by atoms with Crippen LogP contribution < -0.4 is 10.1 Å². The van der Waals surface area contributed by atoms with Crippen LogP contribution in [-0.4, -0.2) is 49.0 Å². The first-order valence-electron chi connectivity index (χ1n) is 6.87. The van der Waals surface area contributed by atoms with Crippen LogP contribution in [0.1, 0.15) is 23.7 Å². The Bertz CT molecular complexity index is 573. The normalized spacial score (nSPS) is 13.9. The monoisotopic (exact) mass is 349 g/mol. The van der Waals surface area contributed by atoms with Gasteiger partial charge in [-0.05, 0) is 31.2 Å². The van der Waals surface area contributed by atoms with Gasteiger partial charge in [0, 0.05) is 12.7 Å². The number of alkyl halides is 3. The van der Waals surface area contributed by atoms with Crippen LogP contribution >= 0.6 is 0 Å². The summed E-state index contributed by atoms with van der Waals surface area (Å²) in [5.41, 5.74) is -0.967. The van der Waals surface area contributed by atoms with Crippen molar-refractivity contribution in [3.8, 4) is 5.75 Å². The smallest absolute Gasteiger partial charge is 0.422 e. The fraction of sp³-hybridized carbons (Fsp3) is 0.467. The molecule has 1 unspecified atom stereocenters. The van der Waals surface area contributed by atoms with Gasteiger partial charge in [-0.15, -0.1) is 0 Å². The fourth-order valence-electron chi connectivity index (χ4n) is 2.00. The van der Waals surface area contributed by atoms with E-state index in [0.717, 1.165) is 0 Å². The molecule has 134 valence electrons. The molecule has 0 aliphatic rings. The Morgan fingerprint density at radius 2 is 1.75 bits per heavy atom. The maximum atomic E-state index is 12.2. The van der Waals surface area contributed by atoms with Crippen LogP contribution in [0.4, 0.5) is 13.2 Å². The molecule has 0 aliphatic carbocycles. The number of amides is 1. The van der Waals surface area contributed by atoms with Gasteiger partial charge in [0.15, 0.2) is 6.61 Å². The maximum absolute atomic E-state index is 12.2. The number of carbonyl (C=O) groups excluding carboxylic acids is 1. The van der Waals surface area contributed by atoms with E-state index in [9.17, 15) is 22.8 Å². The van der Waals surface area contributed by atoms with Gasteiger partial charge in [0.05, 0.1) is 18.6 Å². The lowest BCUT2D eigenvalue weighted by molar-refractivity contribution is -0.153. The molecule has 9 heteroatoms. The third-order valence-electron chi connectivity index (χ3n) is 2.94. The van der Waals surface area contributed by atoms with Gasteiger partial charge in [0.2, 0.25) is 0 Å². The third-order valence-corrected chi connectivity index (χ3v) is 2.94. The molecule has 1 aromatic carbocycles. The van der Waals surface area contributed by atoms with Crippen molar-refractivity contribution in [2.75, 3.05) is 20.3 Å². The molecule has 0 fully saturated rings. The summed E-state index contributed by atoms with van der Waals surface area (Å²) in [5.74, 6) is -1.71. The van der Waals surface area contributed by atoms with Crippen LogP contribution in [0.15, 0.2) is 24.3 Å². The van der Waals surface area contributed by atoms with Crippen LogP contribution in [0.3, 0.4) is 0 Å². The standard InChI is InChI=1S/C15H18F3NO5/c1-14(8-23-2,7-12(20)21)19-13(22)10-3-5-11(6-4-10)24-9-15(16,17)18/h3-6H,7-9H2,1-2H3,(H,19,22)(H,20,21). The zero-order valence-corrected chi connectivity index (χ0v) is 13.1. The summed E-state index contributed by atoms with van der Waals surface area (Å²) in [6.07, 6.45) is -4.80. The van der Waals surface area contributed by atoms with Crippen molar-refractivity contribution in [1.29, 1.82) is 0 Å². The summed E-state index contributed by atoms with van der Waals surface area (Å²) in [6, 6.07) is 5.03. The van der Waals surface area contributed by atoms with Gasteiger partial charge in [-0.3, -0.25) is 9.59 Å². The summed E-state index contributed by atoms with van der Waals surface area (Å²) in [7, 11) is 1.37. The lowest BCUT2D eigenvalue weighted by Crippen LogP contribution is -2.50. The lowest BCUT2D eigenvalue weighted by Gasteiger charge is -2.28. The molecule has 0 spiro atoms. The minimum atomic E-state index is -4.45. The number of halogens is 3. The van der Waals surface area contributed by atoms with Crippen LogP contribution in [0.5, 0.6) is 5.75 Å². The van der Waals surface area contributed by atoms with E-state index in [0.29, 0.717) is 0 Å². The van der Waals surface area contributed by atoms with Crippen LogP contribution in [0.2, 0.25) is 0 Å². The molecule has 0 radical (unpaired) electrons. The summed E-state index contributed by atoms with van der Waals surface area (Å²) in [4.78, 5) is 23.1. The first-order chi connectivity index (χ1) is 11.0. The van der Waals surface area contributed by atoms with E-state index in [4.69, 9.17) is 9.84 Å².